The summed E-state index contributed by atoms with van der Waals surface area (Å²) in [5, 5.41) is 19.0. The van der Waals surface area contributed by atoms with Gasteiger partial charge in [-0.05, 0) is 43.7 Å². The van der Waals surface area contributed by atoms with E-state index < -0.39 is 12.2 Å². The molecular formula is C14H24O2S. The molecule has 1 rings (SSSR count). The van der Waals surface area contributed by atoms with Crippen molar-refractivity contribution in [3.63, 3.8) is 0 Å². The number of thiophene rings is 1. The molecule has 3 atom stereocenters. The molecular weight excluding hydrogens is 232 g/mol. The van der Waals surface area contributed by atoms with Gasteiger partial charge in [-0.3, -0.25) is 0 Å². The van der Waals surface area contributed by atoms with Gasteiger partial charge in [-0.15, -0.1) is 11.3 Å². The zero-order valence-electron chi connectivity index (χ0n) is 11.2. The fraction of sp³-hybridized carbons (Fsp3) is 0.714. The molecule has 0 bridgehead atoms. The Bertz CT molecular complexity index is 331. The minimum Gasteiger partial charge on any atom is -0.391 e. The normalized spacial score (nSPS) is 17.1. The average molecular weight is 256 g/mol. The SMILES string of the molecule is CC(C)Cc1ccc(C(C)CC(O)C(C)O)s1. The Kier molecular flexibility index (Phi) is 5.63. The summed E-state index contributed by atoms with van der Waals surface area (Å²) in [7, 11) is 0. The zero-order valence-corrected chi connectivity index (χ0v) is 12.0. The molecule has 17 heavy (non-hydrogen) atoms. The lowest BCUT2D eigenvalue weighted by atomic mass is 9.99. The highest BCUT2D eigenvalue weighted by molar-refractivity contribution is 7.12. The van der Waals surface area contributed by atoms with E-state index in [9.17, 15) is 10.2 Å². The first kappa shape index (κ1) is 14.7. The second-order valence-corrected chi connectivity index (χ2v) is 6.55. The largest absolute Gasteiger partial charge is 0.391 e. The molecule has 3 heteroatoms. The van der Waals surface area contributed by atoms with E-state index in [1.165, 1.54) is 9.75 Å². The summed E-state index contributed by atoms with van der Waals surface area (Å²) in [6, 6.07) is 4.34. The molecule has 1 aromatic rings. The Balaban J connectivity index is 2.57. The van der Waals surface area contributed by atoms with Gasteiger partial charge in [0.05, 0.1) is 12.2 Å². The fourth-order valence-electron chi connectivity index (χ4n) is 1.85. The topological polar surface area (TPSA) is 40.5 Å². The number of hydrogen-bond donors (Lipinski definition) is 2. The molecule has 0 saturated heterocycles. The van der Waals surface area contributed by atoms with Crippen molar-refractivity contribution in [2.45, 2.75) is 58.7 Å². The first-order chi connectivity index (χ1) is 7.90. The quantitative estimate of drug-likeness (QED) is 0.820. The van der Waals surface area contributed by atoms with Crippen molar-refractivity contribution >= 4 is 11.3 Å². The predicted octanol–water partition coefficient (Wildman–Crippen LogP) is 3.18. The molecule has 2 nitrogen and oxygen atoms in total. The zero-order chi connectivity index (χ0) is 13.0. The van der Waals surface area contributed by atoms with E-state index in [0.29, 0.717) is 18.3 Å². The first-order valence-electron chi connectivity index (χ1n) is 6.35. The summed E-state index contributed by atoms with van der Waals surface area (Å²) in [6.07, 6.45) is 0.475. The minimum atomic E-state index is -0.646. The third-order valence-electron chi connectivity index (χ3n) is 2.93. The Hall–Kier alpha value is -0.380. The van der Waals surface area contributed by atoms with Crippen LogP contribution in [0.5, 0.6) is 0 Å². The maximum absolute atomic E-state index is 9.67. The van der Waals surface area contributed by atoms with Crippen LogP contribution >= 0.6 is 11.3 Å². The molecule has 2 N–H and O–H groups in total. The van der Waals surface area contributed by atoms with Crippen LogP contribution in [0, 0.1) is 5.92 Å². The maximum Gasteiger partial charge on any atom is 0.0802 e. The van der Waals surface area contributed by atoms with Gasteiger partial charge in [0.25, 0.3) is 0 Å². The molecule has 0 fully saturated rings. The van der Waals surface area contributed by atoms with Gasteiger partial charge in [0, 0.05) is 9.75 Å². The van der Waals surface area contributed by atoms with Crippen molar-refractivity contribution in [2.75, 3.05) is 0 Å². The highest BCUT2D eigenvalue weighted by Crippen LogP contribution is 2.29. The van der Waals surface area contributed by atoms with E-state index in [1.54, 1.807) is 6.92 Å². The highest BCUT2D eigenvalue weighted by Gasteiger charge is 2.17. The molecule has 0 amide bonds. The van der Waals surface area contributed by atoms with Gasteiger partial charge in [-0.1, -0.05) is 20.8 Å². The number of aliphatic hydroxyl groups excluding tert-OH is 2. The molecule has 0 aliphatic heterocycles. The van der Waals surface area contributed by atoms with Crippen molar-refractivity contribution in [3.05, 3.63) is 21.9 Å². The molecule has 1 aromatic heterocycles. The Morgan fingerprint density at radius 1 is 1.12 bits per heavy atom. The van der Waals surface area contributed by atoms with Crippen LogP contribution in [-0.4, -0.2) is 22.4 Å². The lowest BCUT2D eigenvalue weighted by Crippen LogP contribution is -2.23. The van der Waals surface area contributed by atoms with Crippen molar-refractivity contribution in [1.82, 2.24) is 0 Å². The van der Waals surface area contributed by atoms with Crippen LogP contribution in [0.15, 0.2) is 12.1 Å². The van der Waals surface area contributed by atoms with E-state index in [2.05, 4.69) is 32.9 Å². The molecule has 0 saturated carbocycles. The molecule has 1 heterocycles. The van der Waals surface area contributed by atoms with Crippen LogP contribution in [0.4, 0.5) is 0 Å². The van der Waals surface area contributed by atoms with E-state index in [4.69, 9.17) is 0 Å². The predicted molar refractivity (Wildman–Crippen MR) is 73.6 cm³/mol. The lowest BCUT2D eigenvalue weighted by molar-refractivity contribution is 0.0229. The third kappa shape index (κ3) is 4.78. The van der Waals surface area contributed by atoms with Crippen molar-refractivity contribution in [3.8, 4) is 0 Å². The third-order valence-corrected chi connectivity index (χ3v) is 4.27. The van der Waals surface area contributed by atoms with Gasteiger partial charge in [0.1, 0.15) is 0 Å². The summed E-state index contributed by atoms with van der Waals surface area (Å²) in [5.41, 5.74) is 0. The Labute approximate surface area is 108 Å². The van der Waals surface area contributed by atoms with Gasteiger partial charge in [-0.25, -0.2) is 0 Å². The van der Waals surface area contributed by atoms with E-state index in [-0.39, 0.29) is 0 Å². The molecule has 0 spiro atoms. The van der Waals surface area contributed by atoms with Crippen molar-refractivity contribution in [2.24, 2.45) is 5.92 Å². The summed E-state index contributed by atoms with van der Waals surface area (Å²) >= 11 is 1.83. The maximum atomic E-state index is 9.67. The number of rotatable bonds is 6. The minimum absolute atomic E-state index is 0.311. The second-order valence-electron chi connectivity index (χ2n) is 5.35. The summed E-state index contributed by atoms with van der Waals surface area (Å²) in [4.78, 5) is 2.72. The van der Waals surface area contributed by atoms with Crippen LogP contribution in [0.25, 0.3) is 0 Å². The van der Waals surface area contributed by atoms with Gasteiger partial charge >= 0.3 is 0 Å². The summed E-state index contributed by atoms with van der Waals surface area (Å²) < 4.78 is 0. The van der Waals surface area contributed by atoms with E-state index in [0.717, 1.165) is 6.42 Å². The number of hydrogen-bond acceptors (Lipinski definition) is 3. The van der Waals surface area contributed by atoms with Crippen LogP contribution in [-0.2, 0) is 6.42 Å². The molecule has 98 valence electrons. The summed E-state index contributed by atoms with van der Waals surface area (Å²) in [5.74, 6) is 0.991. The van der Waals surface area contributed by atoms with Crippen LogP contribution in [0.2, 0.25) is 0 Å². The van der Waals surface area contributed by atoms with Crippen molar-refractivity contribution in [1.29, 1.82) is 0 Å². The molecule has 3 unspecified atom stereocenters. The van der Waals surface area contributed by atoms with Crippen LogP contribution in [0.3, 0.4) is 0 Å². The second kappa shape index (κ2) is 6.53. The van der Waals surface area contributed by atoms with Gasteiger partial charge in [0.15, 0.2) is 0 Å². The summed E-state index contributed by atoms with van der Waals surface area (Å²) in [6.45, 7) is 8.19. The standard InChI is InChI=1S/C14H24O2S/c1-9(2)7-12-5-6-14(17-12)10(3)8-13(16)11(4)15/h5-6,9-11,13,15-16H,7-8H2,1-4H3. The van der Waals surface area contributed by atoms with Crippen molar-refractivity contribution < 1.29 is 10.2 Å². The average Bonchev–Trinajstić information content (AvgIpc) is 2.64. The lowest BCUT2D eigenvalue weighted by Gasteiger charge is -2.17. The van der Waals surface area contributed by atoms with E-state index in [1.807, 2.05) is 11.3 Å². The highest BCUT2D eigenvalue weighted by atomic mass is 32.1. The Morgan fingerprint density at radius 3 is 2.29 bits per heavy atom. The Morgan fingerprint density at radius 2 is 1.76 bits per heavy atom. The van der Waals surface area contributed by atoms with Gasteiger partial charge in [0.2, 0.25) is 0 Å². The van der Waals surface area contributed by atoms with Gasteiger partial charge < -0.3 is 10.2 Å². The van der Waals surface area contributed by atoms with Crippen LogP contribution in [0.1, 0.15) is 49.8 Å². The van der Waals surface area contributed by atoms with Gasteiger partial charge in [-0.2, -0.15) is 0 Å². The smallest absolute Gasteiger partial charge is 0.0802 e. The molecule has 0 aromatic carbocycles. The van der Waals surface area contributed by atoms with E-state index >= 15 is 0 Å². The number of aliphatic hydroxyl groups is 2. The molecule has 0 aliphatic carbocycles. The monoisotopic (exact) mass is 256 g/mol. The van der Waals surface area contributed by atoms with Crippen LogP contribution < -0.4 is 0 Å². The first-order valence-corrected chi connectivity index (χ1v) is 7.16. The molecule has 0 aliphatic rings. The molecule has 0 radical (unpaired) electrons. The fourth-order valence-corrected chi connectivity index (χ4v) is 3.14.